The molecule has 0 aliphatic carbocycles. The molecule has 1 aliphatic rings. The molecule has 0 radical (unpaired) electrons. The van der Waals surface area contributed by atoms with Crippen LogP contribution in [0.3, 0.4) is 0 Å². The number of nitrogens with one attached hydrogen (secondary N) is 3. The summed E-state index contributed by atoms with van der Waals surface area (Å²) in [5.74, 6) is -0.00354. The minimum atomic E-state index is -0.521. The lowest BCUT2D eigenvalue weighted by Crippen LogP contribution is -2.50. The van der Waals surface area contributed by atoms with E-state index in [1.807, 2.05) is 6.92 Å². The minimum absolute atomic E-state index is 0.00354. The van der Waals surface area contributed by atoms with Crippen molar-refractivity contribution in [3.63, 3.8) is 0 Å². The number of carbonyl (C=O) groups excluding carboxylic acids is 2. The Labute approximate surface area is 124 Å². The summed E-state index contributed by atoms with van der Waals surface area (Å²) in [7, 11) is 1.31. The van der Waals surface area contributed by atoms with E-state index in [1.165, 1.54) is 7.11 Å². The fourth-order valence-corrected chi connectivity index (χ4v) is 2.52. The fourth-order valence-electron chi connectivity index (χ4n) is 2.52. The normalized spacial score (nSPS) is 20.9. The first-order valence-electron chi connectivity index (χ1n) is 7.11. The van der Waals surface area contributed by atoms with Crippen molar-refractivity contribution in [2.45, 2.75) is 31.7 Å². The molecule has 0 bridgehead atoms. The molecular formula is C15H21N3O3. The van der Waals surface area contributed by atoms with E-state index in [4.69, 9.17) is 0 Å². The molecule has 1 heterocycles. The second-order valence-corrected chi connectivity index (χ2v) is 5.11. The maximum atomic E-state index is 12.4. The van der Waals surface area contributed by atoms with Crippen molar-refractivity contribution < 1.29 is 14.3 Å². The number of methoxy groups -OCH3 is 1. The molecule has 1 saturated heterocycles. The zero-order valence-electron chi connectivity index (χ0n) is 12.4. The van der Waals surface area contributed by atoms with Crippen LogP contribution < -0.4 is 16.0 Å². The van der Waals surface area contributed by atoms with E-state index in [0.29, 0.717) is 11.4 Å². The molecule has 2 rings (SSSR count). The largest absolute Gasteiger partial charge is 0.453 e. The minimum Gasteiger partial charge on any atom is -0.453 e. The van der Waals surface area contributed by atoms with Gasteiger partial charge in [-0.3, -0.25) is 10.1 Å². The lowest BCUT2D eigenvalue weighted by Gasteiger charge is -2.26. The van der Waals surface area contributed by atoms with E-state index < -0.39 is 11.6 Å². The van der Waals surface area contributed by atoms with Gasteiger partial charge in [0, 0.05) is 11.4 Å². The maximum absolute atomic E-state index is 12.4. The van der Waals surface area contributed by atoms with Gasteiger partial charge in [-0.05, 0) is 50.1 Å². The molecule has 1 aromatic rings. The molecule has 3 N–H and O–H groups in total. The highest BCUT2D eigenvalue weighted by Crippen LogP contribution is 2.25. The van der Waals surface area contributed by atoms with Crippen molar-refractivity contribution in [1.82, 2.24) is 5.32 Å². The van der Waals surface area contributed by atoms with Gasteiger partial charge in [0.1, 0.15) is 0 Å². The van der Waals surface area contributed by atoms with Crippen LogP contribution in [0.4, 0.5) is 16.2 Å². The smallest absolute Gasteiger partial charge is 0.411 e. The first-order valence-corrected chi connectivity index (χ1v) is 7.11. The van der Waals surface area contributed by atoms with Crippen molar-refractivity contribution >= 4 is 23.4 Å². The van der Waals surface area contributed by atoms with Gasteiger partial charge in [-0.25, -0.2) is 4.79 Å². The lowest BCUT2D eigenvalue weighted by atomic mass is 9.93. The number of rotatable bonds is 4. The second kappa shape index (κ2) is 6.58. The van der Waals surface area contributed by atoms with Crippen LogP contribution in [-0.2, 0) is 9.53 Å². The van der Waals surface area contributed by atoms with Crippen LogP contribution in [0, 0.1) is 0 Å². The SMILES string of the molecule is CCC1(C(=O)Nc2ccc(NC(=O)OC)cc2)CCCN1. The van der Waals surface area contributed by atoms with E-state index in [0.717, 1.165) is 25.8 Å². The van der Waals surface area contributed by atoms with Gasteiger partial charge in [0.15, 0.2) is 0 Å². The lowest BCUT2D eigenvalue weighted by molar-refractivity contribution is -0.122. The molecule has 2 amide bonds. The summed E-state index contributed by atoms with van der Waals surface area (Å²) >= 11 is 0. The van der Waals surface area contributed by atoms with Gasteiger partial charge >= 0.3 is 6.09 Å². The first kappa shape index (κ1) is 15.3. The monoisotopic (exact) mass is 291 g/mol. The van der Waals surface area contributed by atoms with Gasteiger partial charge in [0.2, 0.25) is 5.91 Å². The average molecular weight is 291 g/mol. The predicted molar refractivity (Wildman–Crippen MR) is 81.4 cm³/mol. The third-order valence-corrected chi connectivity index (χ3v) is 3.86. The van der Waals surface area contributed by atoms with E-state index in [1.54, 1.807) is 24.3 Å². The van der Waals surface area contributed by atoms with Crippen LogP contribution in [-0.4, -0.2) is 31.2 Å². The van der Waals surface area contributed by atoms with Gasteiger partial charge in [0.05, 0.1) is 12.6 Å². The molecule has 1 fully saturated rings. The third kappa shape index (κ3) is 3.52. The first-order chi connectivity index (χ1) is 10.1. The van der Waals surface area contributed by atoms with E-state index in [9.17, 15) is 9.59 Å². The molecule has 6 heteroatoms. The van der Waals surface area contributed by atoms with Crippen LogP contribution >= 0.6 is 0 Å². The van der Waals surface area contributed by atoms with Crippen molar-refractivity contribution in [2.75, 3.05) is 24.3 Å². The molecular weight excluding hydrogens is 270 g/mol. The summed E-state index contributed by atoms with van der Waals surface area (Å²) in [5, 5.41) is 8.78. The quantitative estimate of drug-likeness (QED) is 0.795. The summed E-state index contributed by atoms with van der Waals surface area (Å²) in [6.45, 7) is 2.89. The second-order valence-electron chi connectivity index (χ2n) is 5.11. The Morgan fingerprint density at radius 1 is 1.24 bits per heavy atom. The number of carbonyl (C=O) groups is 2. The highest BCUT2D eigenvalue weighted by atomic mass is 16.5. The molecule has 114 valence electrons. The summed E-state index contributed by atoms with van der Waals surface area (Å²) in [5.41, 5.74) is 0.865. The van der Waals surface area contributed by atoms with Crippen molar-refractivity contribution in [3.8, 4) is 0 Å². The Bertz CT molecular complexity index is 507. The van der Waals surface area contributed by atoms with Crippen LogP contribution in [0.25, 0.3) is 0 Å². The molecule has 0 saturated carbocycles. The van der Waals surface area contributed by atoms with Crippen LogP contribution in [0.1, 0.15) is 26.2 Å². The van der Waals surface area contributed by atoms with Gasteiger partial charge in [-0.15, -0.1) is 0 Å². The molecule has 1 aromatic carbocycles. The Balaban J connectivity index is 1.99. The third-order valence-electron chi connectivity index (χ3n) is 3.86. The fraction of sp³-hybridized carbons (Fsp3) is 0.467. The molecule has 0 aromatic heterocycles. The average Bonchev–Trinajstić information content (AvgIpc) is 2.99. The Morgan fingerprint density at radius 2 is 1.86 bits per heavy atom. The number of hydrogen-bond acceptors (Lipinski definition) is 4. The van der Waals surface area contributed by atoms with Gasteiger partial charge in [-0.1, -0.05) is 6.92 Å². The van der Waals surface area contributed by atoms with Crippen molar-refractivity contribution in [3.05, 3.63) is 24.3 Å². The van der Waals surface area contributed by atoms with Crippen LogP contribution in [0.15, 0.2) is 24.3 Å². The van der Waals surface area contributed by atoms with Gasteiger partial charge < -0.3 is 15.4 Å². The molecule has 21 heavy (non-hydrogen) atoms. The zero-order chi connectivity index (χ0) is 15.3. The van der Waals surface area contributed by atoms with Crippen molar-refractivity contribution in [2.24, 2.45) is 0 Å². The van der Waals surface area contributed by atoms with Gasteiger partial charge in [0.25, 0.3) is 0 Å². The Hall–Kier alpha value is -2.08. The molecule has 1 atom stereocenters. The molecule has 1 aliphatic heterocycles. The number of benzene rings is 1. The van der Waals surface area contributed by atoms with E-state index in [2.05, 4.69) is 20.7 Å². The van der Waals surface area contributed by atoms with Crippen LogP contribution in [0.2, 0.25) is 0 Å². The Kier molecular flexibility index (Phi) is 4.80. The molecule has 1 unspecified atom stereocenters. The molecule has 6 nitrogen and oxygen atoms in total. The predicted octanol–water partition coefficient (Wildman–Crippen LogP) is 2.34. The maximum Gasteiger partial charge on any atom is 0.411 e. The van der Waals surface area contributed by atoms with Crippen molar-refractivity contribution in [1.29, 1.82) is 0 Å². The van der Waals surface area contributed by atoms with E-state index in [-0.39, 0.29) is 5.91 Å². The zero-order valence-corrected chi connectivity index (χ0v) is 12.4. The highest BCUT2D eigenvalue weighted by Gasteiger charge is 2.38. The topological polar surface area (TPSA) is 79.5 Å². The highest BCUT2D eigenvalue weighted by molar-refractivity contribution is 5.98. The number of amides is 2. The number of ether oxygens (including phenoxy) is 1. The summed E-state index contributed by atoms with van der Waals surface area (Å²) in [6, 6.07) is 6.93. The standard InChI is InChI=1S/C15H21N3O3/c1-3-15(9-4-10-16-15)13(19)17-11-5-7-12(8-6-11)18-14(20)21-2/h5-8,16H,3-4,9-10H2,1-2H3,(H,17,19)(H,18,20). The Morgan fingerprint density at radius 3 is 2.33 bits per heavy atom. The number of hydrogen-bond donors (Lipinski definition) is 3. The van der Waals surface area contributed by atoms with Gasteiger partial charge in [-0.2, -0.15) is 0 Å². The van der Waals surface area contributed by atoms with E-state index >= 15 is 0 Å². The van der Waals surface area contributed by atoms with Crippen LogP contribution in [0.5, 0.6) is 0 Å². The summed E-state index contributed by atoms with van der Waals surface area (Å²) in [4.78, 5) is 23.5. The summed E-state index contributed by atoms with van der Waals surface area (Å²) < 4.78 is 4.52. The molecule has 0 spiro atoms. The number of anilines is 2. The summed E-state index contributed by atoms with van der Waals surface area (Å²) in [6.07, 6.45) is 2.12.